The largest absolute Gasteiger partial charge is 0.507 e. The number of aromatic amines is 1. The molecule has 4 heterocycles. The smallest absolute Gasteiger partial charge is 0.125 e. The van der Waals surface area contributed by atoms with E-state index in [2.05, 4.69) is 32.3 Å². The molecular weight excluding hydrogens is 350 g/mol. The fourth-order valence-corrected chi connectivity index (χ4v) is 4.53. The molecule has 0 aliphatic carbocycles. The molecule has 1 aromatic carbocycles. The summed E-state index contributed by atoms with van der Waals surface area (Å²) in [7, 11) is 0. The highest BCUT2D eigenvalue weighted by Crippen LogP contribution is 2.38. The summed E-state index contributed by atoms with van der Waals surface area (Å²) >= 11 is 0. The van der Waals surface area contributed by atoms with Gasteiger partial charge in [-0.3, -0.25) is 5.10 Å². The van der Waals surface area contributed by atoms with E-state index in [1.54, 1.807) is 18.5 Å². The molecule has 6 heteroatoms. The Morgan fingerprint density at radius 1 is 1.04 bits per heavy atom. The molecule has 2 unspecified atom stereocenters. The van der Waals surface area contributed by atoms with Gasteiger partial charge in [0.15, 0.2) is 0 Å². The third-order valence-electron chi connectivity index (χ3n) is 6.06. The van der Waals surface area contributed by atoms with Crippen LogP contribution in [-0.2, 0) is 0 Å². The Balaban J connectivity index is 1.36. The maximum Gasteiger partial charge on any atom is 0.125 e. The fourth-order valence-electron chi connectivity index (χ4n) is 4.53. The SMILES string of the molecule is C=C(c1ccc(-c2ccc(-c3cn[nH]c3)cc2O)nn1)C1CC2CCC(C1)N2. The maximum atomic E-state index is 10.5. The molecule has 0 saturated carbocycles. The zero-order valence-electron chi connectivity index (χ0n) is 15.6. The first kappa shape index (κ1) is 17.1. The number of benzene rings is 1. The van der Waals surface area contributed by atoms with E-state index in [0.29, 0.717) is 29.3 Å². The van der Waals surface area contributed by atoms with E-state index >= 15 is 0 Å². The van der Waals surface area contributed by atoms with Crippen molar-refractivity contribution in [2.45, 2.75) is 37.8 Å². The lowest BCUT2D eigenvalue weighted by Gasteiger charge is -2.30. The molecule has 2 aliphatic heterocycles. The average molecular weight is 373 g/mol. The molecule has 6 nitrogen and oxygen atoms in total. The van der Waals surface area contributed by atoms with E-state index in [0.717, 1.165) is 35.2 Å². The molecule has 28 heavy (non-hydrogen) atoms. The third-order valence-corrected chi connectivity index (χ3v) is 6.06. The van der Waals surface area contributed by atoms with Crippen molar-refractivity contribution in [2.24, 2.45) is 5.92 Å². The van der Waals surface area contributed by atoms with Gasteiger partial charge in [-0.25, -0.2) is 0 Å². The minimum Gasteiger partial charge on any atom is -0.507 e. The third kappa shape index (κ3) is 3.10. The number of phenols is 1. The van der Waals surface area contributed by atoms with Crippen LogP contribution in [0.25, 0.3) is 28.0 Å². The maximum absolute atomic E-state index is 10.5. The standard InChI is InChI=1S/C22H23N5O/c1-13(15-8-17-3-4-18(9-15)25-17)20-6-7-21(27-26-20)19-5-2-14(10-22(19)28)16-11-23-24-12-16/h2,5-7,10-12,15,17-18,25,28H,1,3-4,8-9H2,(H,23,24). The van der Waals surface area contributed by atoms with Gasteiger partial charge >= 0.3 is 0 Å². The predicted molar refractivity (Wildman–Crippen MR) is 108 cm³/mol. The molecule has 0 amide bonds. The second-order valence-electron chi connectivity index (χ2n) is 7.85. The van der Waals surface area contributed by atoms with Crippen molar-refractivity contribution in [3.05, 3.63) is 55.0 Å². The highest BCUT2D eigenvalue weighted by molar-refractivity contribution is 5.74. The number of rotatable bonds is 4. The molecule has 2 bridgehead atoms. The summed E-state index contributed by atoms with van der Waals surface area (Å²) in [6.07, 6.45) is 8.33. The van der Waals surface area contributed by atoms with Crippen LogP contribution in [0.1, 0.15) is 31.4 Å². The van der Waals surface area contributed by atoms with E-state index in [9.17, 15) is 5.11 Å². The van der Waals surface area contributed by atoms with Crippen molar-refractivity contribution in [1.82, 2.24) is 25.7 Å². The first-order valence-corrected chi connectivity index (χ1v) is 9.79. The van der Waals surface area contributed by atoms with Gasteiger partial charge in [-0.15, -0.1) is 5.10 Å². The number of allylic oxidation sites excluding steroid dienone is 1. The van der Waals surface area contributed by atoms with Crippen LogP contribution in [0.3, 0.4) is 0 Å². The summed E-state index contributed by atoms with van der Waals surface area (Å²) in [5.41, 5.74) is 5.07. The Bertz CT molecular complexity index is 984. The van der Waals surface area contributed by atoms with E-state index in [1.807, 2.05) is 24.3 Å². The summed E-state index contributed by atoms with van der Waals surface area (Å²) in [6, 6.07) is 10.7. The second kappa shape index (κ2) is 6.87. The normalized spacial score (nSPS) is 23.6. The average Bonchev–Trinajstić information content (AvgIpc) is 3.37. The molecule has 142 valence electrons. The van der Waals surface area contributed by atoms with Crippen molar-refractivity contribution in [2.75, 3.05) is 0 Å². The van der Waals surface area contributed by atoms with Gasteiger partial charge in [0.05, 0.1) is 17.6 Å². The Hall–Kier alpha value is -2.99. The minimum atomic E-state index is 0.175. The van der Waals surface area contributed by atoms with Crippen LogP contribution < -0.4 is 5.32 Å². The molecule has 2 aromatic heterocycles. The van der Waals surface area contributed by atoms with Crippen LogP contribution in [0.2, 0.25) is 0 Å². The number of nitrogens with one attached hydrogen (secondary N) is 2. The Morgan fingerprint density at radius 2 is 1.86 bits per heavy atom. The van der Waals surface area contributed by atoms with Gasteiger partial charge in [0.2, 0.25) is 0 Å². The van der Waals surface area contributed by atoms with Crippen LogP contribution in [0.4, 0.5) is 0 Å². The van der Waals surface area contributed by atoms with E-state index in [4.69, 9.17) is 0 Å². The van der Waals surface area contributed by atoms with Crippen LogP contribution in [0.15, 0.2) is 49.3 Å². The molecule has 2 aliphatic rings. The van der Waals surface area contributed by atoms with Gasteiger partial charge in [0.1, 0.15) is 5.75 Å². The predicted octanol–water partition coefficient (Wildman–Crippen LogP) is 3.78. The number of hydrogen-bond acceptors (Lipinski definition) is 5. The van der Waals surface area contributed by atoms with Gasteiger partial charge in [0, 0.05) is 29.4 Å². The molecule has 3 N–H and O–H groups in total. The topological polar surface area (TPSA) is 86.7 Å². The number of phenolic OH excluding ortho intramolecular Hbond substituents is 1. The lowest BCUT2D eigenvalue weighted by atomic mass is 9.85. The summed E-state index contributed by atoms with van der Waals surface area (Å²) in [5, 5.41) is 29.6. The zero-order valence-corrected chi connectivity index (χ0v) is 15.6. The van der Waals surface area contributed by atoms with Gasteiger partial charge in [-0.05, 0) is 67.0 Å². The molecule has 5 rings (SSSR count). The van der Waals surface area contributed by atoms with E-state index in [-0.39, 0.29) is 5.75 Å². The Kier molecular flexibility index (Phi) is 4.20. The summed E-state index contributed by atoms with van der Waals surface area (Å²) in [6.45, 7) is 4.32. The van der Waals surface area contributed by atoms with E-state index < -0.39 is 0 Å². The molecule has 2 atom stereocenters. The van der Waals surface area contributed by atoms with Crippen molar-refractivity contribution in [1.29, 1.82) is 0 Å². The van der Waals surface area contributed by atoms with Crippen molar-refractivity contribution in [3.8, 4) is 28.1 Å². The number of piperidine rings is 1. The summed E-state index contributed by atoms with van der Waals surface area (Å²) < 4.78 is 0. The van der Waals surface area contributed by atoms with Crippen LogP contribution >= 0.6 is 0 Å². The van der Waals surface area contributed by atoms with Gasteiger partial charge in [-0.2, -0.15) is 10.2 Å². The molecule has 0 spiro atoms. The van der Waals surface area contributed by atoms with Crippen LogP contribution in [0.5, 0.6) is 5.75 Å². The highest BCUT2D eigenvalue weighted by atomic mass is 16.3. The lowest BCUT2D eigenvalue weighted by Crippen LogP contribution is -2.38. The first-order valence-electron chi connectivity index (χ1n) is 9.79. The van der Waals surface area contributed by atoms with Crippen molar-refractivity contribution in [3.63, 3.8) is 0 Å². The number of nitrogens with zero attached hydrogens (tertiary/aromatic N) is 3. The molecule has 3 aromatic rings. The second-order valence-corrected chi connectivity index (χ2v) is 7.85. The van der Waals surface area contributed by atoms with Gasteiger partial charge in [0.25, 0.3) is 0 Å². The van der Waals surface area contributed by atoms with Crippen molar-refractivity contribution < 1.29 is 5.11 Å². The molecule has 2 saturated heterocycles. The number of aromatic hydroxyl groups is 1. The minimum absolute atomic E-state index is 0.175. The molecule has 0 radical (unpaired) electrons. The molecule has 2 fully saturated rings. The summed E-state index contributed by atoms with van der Waals surface area (Å²) in [4.78, 5) is 0. The number of hydrogen-bond donors (Lipinski definition) is 3. The Labute approximate surface area is 163 Å². The van der Waals surface area contributed by atoms with Crippen molar-refractivity contribution >= 4 is 5.57 Å². The first-order chi connectivity index (χ1) is 13.7. The Morgan fingerprint density at radius 3 is 2.50 bits per heavy atom. The number of aromatic nitrogens is 4. The number of H-pyrrole nitrogens is 1. The zero-order chi connectivity index (χ0) is 19.1. The molecular formula is C22H23N5O. The monoisotopic (exact) mass is 373 g/mol. The van der Waals surface area contributed by atoms with Gasteiger partial charge < -0.3 is 10.4 Å². The summed E-state index contributed by atoms with van der Waals surface area (Å²) in [5.74, 6) is 0.649. The fraction of sp³-hybridized carbons (Fsp3) is 0.318. The number of fused-ring (bicyclic) bond motifs is 2. The quantitative estimate of drug-likeness (QED) is 0.648. The van der Waals surface area contributed by atoms with Crippen LogP contribution in [-0.4, -0.2) is 37.6 Å². The highest BCUT2D eigenvalue weighted by Gasteiger charge is 2.35. The van der Waals surface area contributed by atoms with E-state index in [1.165, 1.54) is 12.8 Å². The lowest BCUT2D eigenvalue weighted by molar-refractivity contribution is 0.351. The van der Waals surface area contributed by atoms with Gasteiger partial charge in [-0.1, -0.05) is 12.6 Å². The van der Waals surface area contributed by atoms with Crippen LogP contribution in [0, 0.1) is 5.92 Å².